The standard InChI is InChI=1S/C12H13F2NO2/c13-10-2-1-8(5-11(10)14)6-12(17)15-4-3-9(16)7-15/h1-2,5,9,16H,3-4,6-7H2. The maximum atomic E-state index is 12.9. The number of rotatable bonds is 2. The summed E-state index contributed by atoms with van der Waals surface area (Å²) in [5, 5.41) is 9.29. The molecule has 1 amide bonds. The number of hydrogen-bond donors (Lipinski definition) is 1. The smallest absolute Gasteiger partial charge is 0.227 e. The molecule has 1 aromatic carbocycles. The van der Waals surface area contributed by atoms with Crippen molar-refractivity contribution in [3.8, 4) is 0 Å². The molecule has 1 N–H and O–H groups in total. The third kappa shape index (κ3) is 2.79. The number of benzene rings is 1. The summed E-state index contributed by atoms with van der Waals surface area (Å²) in [4.78, 5) is 13.3. The first-order valence-corrected chi connectivity index (χ1v) is 5.46. The molecule has 0 bridgehead atoms. The number of halogens is 2. The number of β-amino-alcohol motifs (C(OH)–C–C–N with tert-alkyl or cyclic N) is 1. The monoisotopic (exact) mass is 241 g/mol. The predicted octanol–water partition coefficient (Wildman–Crippen LogP) is 1.10. The molecule has 1 atom stereocenters. The van der Waals surface area contributed by atoms with E-state index in [9.17, 15) is 18.7 Å². The number of carbonyl (C=O) groups is 1. The number of nitrogens with zero attached hydrogens (tertiary/aromatic N) is 1. The van der Waals surface area contributed by atoms with Gasteiger partial charge in [-0.15, -0.1) is 0 Å². The van der Waals surface area contributed by atoms with E-state index in [1.165, 1.54) is 11.0 Å². The second kappa shape index (κ2) is 4.79. The van der Waals surface area contributed by atoms with Crippen LogP contribution in [0.4, 0.5) is 8.78 Å². The van der Waals surface area contributed by atoms with E-state index in [1.54, 1.807) is 0 Å². The second-order valence-corrected chi connectivity index (χ2v) is 4.21. The zero-order valence-corrected chi connectivity index (χ0v) is 9.20. The molecule has 1 saturated heterocycles. The van der Waals surface area contributed by atoms with Crippen LogP contribution in [0.5, 0.6) is 0 Å². The fourth-order valence-electron chi connectivity index (χ4n) is 1.90. The highest BCUT2D eigenvalue weighted by Gasteiger charge is 2.24. The molecule has 92 valence electrons. The molecule has 1 aliphatic heterocycles. The molecule has 1 heterocycles. The van der Waals surface area contributed by atoms with E-state index >= 15 is 0 Å². The largest absolute Gasteiger partial charge is 0.391 e. The number of likely N-dealkylation sites (tertiary alicyclic amines) is 1. The minimum Gasteiger partial charge on any atom is -0.391 e. The zero-order chi connectivity index (χ0) is 12.4. The van der Waals surface area contributed by atoms with Gasteiger partial charge in [-0.2, -0.15) is 0 Å². The Labute approximate surface area is 97.7 Å². The maximum Gasteiger partial charge on any atom is 0.227 e. The van der Waals surface area contributed by atoms with E-state index in [-0.39, 0.29) is 12.3 Å². The van der Waals surface area contributed by atoms with Gasteiger partial charge >= 0.3 is 0 Å². The lowest BCUT2D eigenvalue weighted by atomic mass is 10.1. The van der Waals surface area contributed by atoms with E-state index in [2.05, 4.69) is 0 Å². The summed E-state index contributed by atoms with van der Waals surface area (Å²) < 4.78 is 25.6. The van der Waals surface area contributed by atoms with Crippen molar-refractivity contribution < 1.29 is 18.7 Å². The van der Waals surface area contributed by atoms with Gasteiger partial charge in [-0.25, -0.2) is 8.78 Å². The lowest BCUT2D eigenvalue weighted by Gasteiger charge is -2.15. The van der Waals surface area contributed by atoms with Crippen molar-refractivity contribution in [1.82, 2.24) is 4.90 Å². The lowest BCUT2D eigenvalue weighted by molar-refractivity contribution is -0.129. The highest BCUT2D eigenvalue weighted by Crippen LogP contribution is 2.13. The molecule has 1 aliphatic rings. The minimum absolute atomic E-state index is 0.0317. The normalized spacial score (nSPS) is 19.7. The van der Waals surface area contributed by atoms with Crippen LogP contribution in [-0.2, 0) is 11.2 Å². The van der Waals surface area contributed by atoms with Crippen molar-refractivity contribution in [2.45, 2.75) is 18.9 Å². The summed E-state index contributed by atoms with van der Waals surface area (Å²) in [6, 6.07) is 3.43. The molecule has 0 aliphatic carbocycles. The Kier molecular flexibility index (Phi) is 3.38. The molecule has 2 rings (SSSR count). The average Bonchev–Trinajstić information content (AvgIpc) is 2.70. The van der Waals surface area contributed by atoms with Crippen LogP contribution < -0.4 is 0 Å². The molecule has 0 spiro atoms. The Hall–Kier alpha value is -1.49. The molecule has 0 aromatic heterocycles. The molecule has 17 heavy (non-hydrogen) atoms. The second-order valence-electron chi connectivity index (χ2n) is 4.21. The van der Waals surface area contributed by atoms with Gasteiger partial charge in [0.25, 0.3) is 0 Å². The van der Waals surface area contributed by atoms with Gasteiger partial charge in [0.2, 0.25) is 5.91 Å². The first-order valence-electron chi connectivity index (χ1n) is 5.46. The average molecular weight is 241 g/mol. The molecule has 1 fully saturated rings. The third-order valence-corrected chi connectivity index (χ3v) is 2.86. The summed E-state index contributed by atoms with van der Waals surface area (Å²) >= 11 is 0. The molecular weight excluding hydrogens is 228 g/mol. The summed E-state index contributed by atoms with van der Waals surface area (Å²) in [5.41, 5.74) is 0.440. The van der Waals surface area contributed by atoms with E-state index < -0.39 is 17.7 Å². The molecule has 3 nitrogen and oxygen atoms in total. The van der Waals surface area contributed by atoms with Gasteiger partial charge in [0, 0.05) is 13.1 Å². The number of carbonyl (C=O) groups excluding carboxylic acids is 1. The van der Waals surface area contributed by atoms with Crippen molar-refractivity contribution in [3.63, 3.8) is 0 Å². The van der Waals surface area contributed by atoms with E-state index in [0.29, 0.717) is 25.1 Å². The van der Waals surface area contributed by atoms with Gasteiger partial charge in [0.05, 0.1) is 12.5 Å². The molecule has 5 heteroatoms. The van der Waals surface area contributed by atoms with Gasteiger partial charge in [0.15, 0.2) is 11.6 Å². The Morgan fingerprint density at radius 1 is 1.41 bits per heavy atom. The topological polar surface area (TPSA) is 40.5 Å². The van der Waals surface area contributed by atoms with Crippen molar-refractivity contribution in [2.75, 3.05) is 13.1 Å². The van der Waals surface area contributed by atoms with E-state index in [4.69, 9.17) is 0 Å². The molecule has 0 saturated carbocycles. The van der Waals surface area contributed by atoms with Crippen LogP contribution in [0.25, 0.3) is 0 Å². The van der Waals surface area contributed by atoms with Crippen molar-refractivity contribution in [3.05, 3.63) is 35.4 Å². The third-order valence-electron chi connectivity index (χ3n) is 2.86. The Morgan fingerprint density at radius 2 is 2.18 bits per heavy atom. The van der Waals surface area contributed by atoms with Crippen molar-refractivity contribution in [1.29, 1.82) is 0 Å². The fourth-order valence-corrected chi connectivity index (χ4v) is 1.90. The van der Waals surface area contributed by atoms with Gasteiger partial charge < -0.3 is 10.0 Å². The Morgan fingerprint density at radius 3 is 2.76 bits per heavy atom. The zero-order valence-electron chi connectivity index (χ0n) is 9.20. The van der Waals surface area contributed by atoms with Crippen LogP contribution in [-0.4, -0.2) is 35.1 Å². The van der Waals surface area contributed by atoms with Crippen molar-refractivity contribution >= 4 is 5.91 Å². The number of aliphatic hydroxyl groups is 1. The van der Waals surface area contributed by atoms with Crippen LogP contribution >= 0.6 is 0 Å². The van der Waals surface area contributed by atoms with E-state index in [0.717, 1.165) is 12.1 Å². The lowest BCUT2D eigenvalue weighted by Crippen LogP contribution is -2.30. The van der Waals surface area contributed by atoms with Crippen LogP contribution in [0, 0.1) is 11.6 Å². The number of hydrogen-bond acceptors (Lipinski definition) is 2. The van der Waals surface area contributed by atoms with Gasteiger partial charge in [-0.05, 0) is 24.1 Å². The summed E-state index contributed by atoms with van der Waals surface area (Å²) in [7, 11) is 0. The van der Waals surface area contributed by atoms with Crippen LogP contribution in [0.15, 0.2) is 18.2 Å². The molecule has 1 aromatic rings. The van der Waals surface area contributed by atoms with Gasteiger partial charge in [-0.1, -0.05) is 6.07 Å². The highest BCUT2D eigenvalue weighted by molar-refractivity contribution is 5.79. The first kappa shape index (κ1) is 12.0. The first-order chi connectivity index (χ1) is 8.06. The summed E-state index contributed by atoms with van der Waals surface area (Å²) in [6.45, 7) is 0.839. The minimum atomic E-state index is -0.947. The Balaban J connectivity index is 2.00. The van der Waals surface area contributed by atoms with Crippen LogP contribution in [0.2, 0.25) is 0 Å². The summed E-state index contributed by atoms with van der Waals surface area (Å²) in [5.74, 6) is -2.04. The number of aliphatic hydroxyl groups excluding tert-OH is 1. The quantitative estimate of drug-likeness (QED) is 0.842. The number of amides is 1. The van der Waals surface area contributed by atoms with Gasteiger partial charge in [-0.3, -0.25) is 4.79 Å². The van der Waals surface area contributed by atoms with Crippen LogP contribution in [0.3, 0.4) is 0 Å². The molecule has 1 unspecified atom stereocenters. The Bertz CT molecular complexity index is 437. The summed E-state index contributed by atoms with van der Waals surface area (Å²) in [6.07, 6.45) is 0.136. The molecular formula is C12H13F2NO2. The maximum absolute atomic E-state index is 12.9. The molecule has 0 radical (unpaired) electrons. The van der Waals surface area contributed by atoms with Crippen LogP contribution in [0.1, 0.15) is 12.0 Å². The van der Waals surface area contributed by atoms with Crippen molar-refractivity contribution in [2.24, 2.45) is 0 Å². The van der Waals surface area contributed by atoms with Gasteiger partial charge in [0.1, 0.15) is 0 Å². The highest BCUT2D eigenvalue weighted by atomic mass is 19.2. The SMILES string of the molecule is O=C(Cc1ccc(F)c(F)c1)N1CCC(O)C1. The van der Waals surface area contributed by atoms with E-state index in [1.807, 2.05) is 0 Å². The fraction of sp³-hybridized carbons (Fsp3) is 0.417. The predicted molar refractivity (Wildman–Crippen MR) is 57.3 cm³/mol.